The first-order chi connectivity index (χ1) is 7.13. The van der Waals surface area contributed by atoms with E-state index in [2.05, 4.69) is 0 Å². The van der Waals surface area contributed by atoms with Gasteiger partial charge < -0.3 is 9.52 Å². The van der Waals surface area contributed by atoms with E-state index in [1.165, 1.54) is 6.92 Å². The lowest BCUT2D eigenvalue weighted by molar-refractivity contribution is 0.101. The van der Waals surface area contributed by atoms with Crippen LogP contribution in [0, 0.1) is 0 Å². The third-order valence-corrected chi connectivity index (χ3v) is 2.42. The topological polar surface area (TPSA) is 50.4 Å². The molecule has 2 aromatic rings. The molecular formula is C12H12O3. The number of ketones is 1. The summed E-state index contributed by atoms with van der Waals surface area (Å²) < 4.78 is 5.53. The number of hydrogen-bond donors (Lipinski definition) is 1. The quantitative estimate of drug-likeness (QED) is 0.765. The molecular weight excluding hydrogens is 192 g/mol. The molecule has 1 aromatic heterocycles. The Kier molecular flexibility index (Phi) is 2.23. The van der Waals surface area contributed by atoms with Crippen LogP contribution >= 0.6 is 0 Å². The molecule has 0 aliphatic rings. The Morgan fingerprint density at radius 3 is 2.80 bits per heavy atom. The molecule has 0 saturated carbocycles. The van der Waals surface area contributed by atoms with Crippen LogP contribution in [0.5, 0.6) is 5.75 Å². The number of carbonyl (C=O) groups excluding carboxylic acids is 1. The van der Waals surface area contributed by atoms with Crippen LogP contribution in [0.2, 0.25) is 0 Å². The molecule has 0 radical (unpaired) electrons. The van der Waals surface area contributed by atoms with Gasteiger partial charge in [0, 0.05) is 11.8 Å². The number of phenols is 1. The molecule has 0 saturated heterocycles. The minimum atomic E-state index is -0.0313. The number of carbonyl (C=O) groups is 1. The lowest BCUT2D eigenvalue weighted by Crippen LogP contribution is -1.94. The van der Waals surface area contributed by atoms with Crippen LogP contribution in [-0.2, 0) is 6.42 Å². The maximum absolute atomic E-state index is 11.5. The van der Waals surface area contributed by atoms with E-state index in [1.807, 2.05) is 6.92 Å². The minimum absolute atomic E-state index is 0.0313. The van der Waals surface area contributed by atoms with Crippen LogP contribution in [-0.4, -0.2) is 10.9 Å². The summed E-state index contributed by atoms with van der Waals surface area (Å²) >= 11 is 0. The van der Waals surface area contributed by atoms with Crippen LogP contribution in [0.4, 0.5) is 0 Å². The zero-order chi connectivity index (χ0) is 11.0. The number of hydrogen-bond acceptors (Lipinski definition) is 3. The number of aryl methyl sites for hydroxylation is 1. The Balaban J connectivity index is 2.82. The van der Waals surface area contributed by atoms with Crippen molar-refractivity contribution in [1.82, 2.24) is 0 Å². The normalized spacial score (nSPS) is 10.8. The number of phenolic OH excluding ortho intramolecular Hbond substituents is 1. The predicted molar refractivity (Wildman–Crippen MR) is 57.3 cm³/mol. The van der Waals surface area contributed by atoms with Gasteiger partial charge in [0.05, 0.1) is 5.56 Å². The van der Waals surface area contributed by atoms with Crippen molar-refractivity contribution in [2.24, 2.45) is 0 Å². The standard InChI is InChI=1S/C12H12O3/c1-3-10-12(7(2)13)9-6-8(14)4-5-11(9)15-10/h4-6,14H,3H2,1-2H3. The molecule has 3 heteroatoms. The van der Waals surface area contributed by atoms with E-state index in [9.17, 15) is 9.90 Å². The molecule has 0 fully saturated rings. The van der Waals surface area contributed by atoms with Gasteiger partial charge in [0.15, 0.2) is 5.78 Å². The molecule has 78 valence electrons. The maximum Gasteiger partial charge on any atom is 0.163 e. The van der Waals surface area contributed by atoms with E-state index in [0.29, 0.717) is 28.7 Å². The molecule has 0 spiro atoms. The third kappa shape index (κ3) is 1.50. The van der Waals surface area contributed by atoms with Crippen molar-refractivity contribution in [3.63, 3.8) is 0 Å². The zero-order valence-corrected chi connectivity index (χ0v) is 8.70. The molecule has 0 aliphatic carbocycles. The molecule has 0 aliphatic heterocycles. The molecule has 1 heterocycles. The van der Waals surface area contributed by atoms with Gasteiger partial charge in [-0.2, -0.15) is 0 Å². The van der Waals surface area contributed by atoms with Gasteiger partial charge in [0.1, 0.15) is 17.1 Å². The van der Waals surface area contributed by atoms with Crippen molar-refractivity contribution >= 4 is 16.8 Å². The first kappa shape index (κ1) is 9.77. The molecule has 0 amide bonds. The molecule has 1 N–H and O–H groups in total. The smallest absolute Gasteiger partial charge is 0.163 e. The monoisotopic (exact) mass is 204 g/mol. The number of furan rings is 1. The zero-order valence-electron chi connectivity index (χ0n) is 8.70. The van der Waals surface area contributed by atoms with Crippen molar-refractivity contribution < 1.29 is 14.3 Å². The summed E-state index contributed by atoms with van der Waals surface area (Å²) in [5, 5.41) is 10.1. The largest absolute Gasteiger partial charge is 0.508 e. The molecule has 1 aromatic carbocycles. The second-order valence-corrected chi connectivity index (χ2v) is 3.49. The number of fused-ring (bicyclic) bond motifs is 1. The van der Waals surface area contributed by atoms with Crippen molar-refractivity contribution in [3.05, 3.63) is 29.5 Å². The van der Waals surface area contributed by atoms with Crippen LogP contribution in [0.15, 0.2) is 22.6 Å². The predicted octanol–water partition coefficient (Wildman–Crippen LogP) is 2.90. The first-order valence-electron chi connectivity index (χ1n) is 4.88. The van der Waals surface area contributed by atoms with Gasteiger partial charge in [0.2, 0.25) is 0 Å². The average molecular weight is 204 g/mol. The average Bonchev–Trinajstić information content (AvgIpc) is 2.55. The maximum atomic E-state index is 11.5. The summed E-state index contributed by atoms with van der Waals surface area (Å²) in [5.74, 6) is 0.799. The Hall–Kier alpha value is -1.77. The third-order valence-electron chi connectivity index (χ3n) is 2.42. The molecule has 2 rings (SSSR count). The summed E-state index contributed by atoms with van der Waals surface area (Å²) in [5.41, 5.74) is 1.23. The Morgan fingerprint density at radius 1 is 1.47 bits per heavy atom. The van der Waals surface area contributed by atoms with Gasteiger partial charge >= 0.3 is 0 Å². The second-order valence-electron chi connectivity index (χ2n) is 3.49. The second kappa shape index (κ2) is 3.42. The van der Waals surface area contributed by atoms with Gasteiger partial charge in [-0.25, -0.2) is 0 Å². The minimum Gasteiger partial charge on any atom is -0.508 e. The van der Waals surface area contributed by atoms with Crippen molar-refractivity contribution in [2.45, 2.75) is 20.3 Å². The fourth-order valence-corrected chi connectivity index (χ4v) is 1.77. The highest BCUT2D eigenvalue weighted by atomic mass is 16.3. The van der Waals surface area contributed by atoms with Crippen LogP contribution in [0.3, 0.4) is 0 Å². The van der Waals surface area contributed by atoms with Crippen LogP contribution in [0.25, 0.3) is 11.0 Å². The van der Waals surface area contributed by atoms with Gasteiger partial charge in [-0.05, 0) is 25.1 Å². The van der Waals surface area contributed by atoms with Gasteiger partial charge in [-0.15, -0.1) is 0 Å². The lowest BCUT2D eigenvalue weighted by atomic mass is 10.1. The molecule has 0 bridgehead atoms. The fourth-order valence-electron chi connectivity index (χ4n) is 1.77. The van der Waals surface area contributed by atoms with Crippen molar-refractivity contribution in [3.8, 4) is 5.75 Å². The van der Waals surface area contributed by atoms with E-state index in [1.54, 1.807) is 18.2 Å². The van der Waals surface area contributed by atoms with E-state index in [4.69, 9.17) is 4.42 Å². The van der Waals surface area contributed by atoms with E-state index in [-0.39, 0.29) is 11.5 Å². The van der Waals surface area contributed by atoms with Crippen LogP contribution in [0.1, 0.15) is 30.0 Å². The molecule has 15 heavy (non-hydrogen) atoms. The highest BCUT2D eigenvalue weighted by molar-refractivity contribution is 6.07. The summed E-state index contributed by atoms with van der Waals surface area (Å²) in [4.78, 5) is 11.5. The number of aromatic hydroxyl groups is 1. The summed E-state index contributed by atoms with van der Waals surface area (Å²) in [6, 6.07) is 4.79. The molecule has 3 nitrogen and oxygen atoms in total. The summed E-state index contributed by atoms with van der Waals surface area (Å²) in [6.45, 7) is 3.44. The van der Waals surface area contributed by atoms with E-state index < -0.39 is 0 Å². The van der Waals surface area contributed by atoms with Gasteiger partial charge in [0.25, 0.3) is 0 Å². The van der Waals surface area contributed by atoms with Crippen molar-refractivity contribution in [2.75, 3.05) is 0 Å². The van der Waals surface area contributed by atoms with Crippen LogP contribution < -0.4 is 0 Å². The van der Waals surface area contributed by atoms with Gasteiger partial charge in [-0.3, -0.25) is 4.79 Å². The van der Waals surface area contributed by atoms with Gasteiger partial charge in [-0.1, -0.05) is 6.92 Å². The number of benzene rings is 1. The first-order valence-corrected chi connectivity index (χ1v) is 4.88. The van der Waals surface area contributed by atoms with E-state index in [0.717, 1.165) is 0 Å². The summed E-state index contributed by atoms with van der Waals surface area (Å²) in [6.07, 6.45) is 0.671. The summed E-state index contributed by atoms with van der Waals surface area (Å²) in [7, 11) is 0. The Bertz CT molecular complexity index is 523. The van der Waals surface area contributed by atoms with Crippen molar-refractivity contribution in [1.29, 1.82) is 0 Å². The Morgan fingerprint density at radius 2 is 2.20 bits per heavy atom. The number of Topliss-reactive ketones (excluding diaryl/α,β-unsaturated/α-hetero) is 1. The fraction of sp³-hybridized carbons (Fsp3) is 0.250. The SMILES string of the molecule is CCc1oc2ccc(O)cc2c1C(C)=O. The molecule has 0 unspecified atom stereocenters. The highest BCUT2D eigenvalue weighted by Crippen LogP contribution is 2.29. The Labute approximate surface area is 87.3 Å². The highest BCUT2D eigenvalue weighted by Gasteiger charge is 2.16. The van der Waals surface area contributed by atoms with E-state index >= 15 is 0 Å². The lowest BCUT2D eigenvalue weighted by Gasteiger charge is -1.94. The number of rotatable bonds is 2. The molecule has 0 atom stereocenters.